The standard InChI is InChI=1S/C12H12N2O2S/c1-8-10(7-11(15)16)14-12(17-8)13-9-5-3-2-4-6-9/h2-6H,7H2,1H3,(H,13,14)(H,15,16). The van der Waals surface area contributed by atoms with Crippen LogP contribution in [-0.4, -0.2) is 16.1 Å². The number of aromatic nitrogens is 1. The van der Waals surface area contributed by atoms with Crippen molar-refractivity contribution >= 4 is 28.1 Å². The number of para-hydroxylation sites is 1. The fourth-order valence-corrected chi connectivity index (χ4v) is 2.28. The van der Waals surface area contributed by atoms with Crippen molar-refractivity contribution in [2.75, 3.05) is 5.32 Å². The molecule has 5 heteroatoms. The minimum atomic E-state index is -0.857. The van der Waals surface area contributed by atoms with Crippen LogP contribution >= 0.6 is 11.3 Å². The molecule has 0 saturated carbocycles. The Labute approximate surface area is 103 Å². The summed E-state index contributed by atoms with van der Waals surface area (Å²) in [7, 11) is 0. The summed E-state index contributed by atoms with van der Waals surface area (Å²) in [6, 6.07) is 9.68. The van der Waals surface area contributed by atoms with Crippen molar-refractivity contribution in [3.63, 3.8) is 0 Å². The number of anilines is 2. The molecule has 0 aliphatic heterocycles. The summed E-state index contributed by atoms with van der Waals surface area (Å²) in [5, 5.41) is 12.6. The topological polar surface area (TPSA) is 62.2 Å². The van der Waals surface area contributed by atoms with E-state index < -0.39 is 5.97 Å². The van der Waals surface area contributed by atoms with Crippen LogP contribution in [0.3, 0.4) is 0 Å². The molecule has 4 nitrogen and oxygen atoms in total. The lowest BCUT2D eigenvalue weighted by molar-refractivity contribution is -0.136. The van der Waals surface area contributed by atoms with Gasteiger partial charge in [-0.05, 0) is 19.1 Å². The molecule has 0 fully saturated rings. The first-order valence-corrected chi connectivity index (χ1v) is 5.97. The summed E-state index contributed by atoms with van der Waals surface area (Å²) >= 11 is 1.47. The van der Waals surface area contributed by atoms with Gasteiger partial charge in [-0.3, -0.25) is 4.79 Å². The number of hydrogen-bond acceptors (Lipinski definition) is 4. The largest absolute Gasteiger partial charge is 0.481 e. The van der Waals surface area contributed by atoms with E-state index in [9.17, 15) is 4.79 Å². The van der Waals surface area contributed by atoms with Crippen LogP contribution in [0.1, 0.15) is 10.6 Å². The lowest BCUT2D eigenvalue weighted by atomic mass is 10.3. The van der Waals surface area contributed by atoms with Crippen LogP contribution in [0.4, 0.5) is 10.8 Å². The van der Waals surface area contributed by atoms with Crippen molar-refractivity contribution in [1.82, 2.24) is 4.98 Å². The molecular formula is C12H12N2O2S. The van der Waals surface area contributed by atoms with E-state index in [-0.39, 0.29) is 6.42 Å². The third-order valence-electron chi connectivity index (χ3n) is 2.24. The highest BCUT2D eigenvalue weighted by atomic mass is 32.1. The van der Waals surface area contributed by atoms with Gasteiger partial charge in [0.15, 0.2) is 5.13 Å². The van der Waals surface area contributed by atoms with Gasteiger partial charge in [0.1, 0.15) is 0 Å². The number of aliphatic carboxylic acids is 1. The zero-order chi connectivity index (χ0) is 12.3. The highest BCUT2D eigenvalue weighted by Gasteiger charge is 2.10. The summed E-state index contributed by atoms with van der Waals surface area (Å²) in [4.78, 5) is 15.8. The van der Waals surface area contributed by atoms with Gasteiger partial charge in [0.25, 0.3) is 0 Å². The molecule has 0 unspecified atom stereocenters. The van der Waals surface area contributed by atoms with Gasteiger partial charge in [0, 0.05) is 10.6 Å². The lowest BCUT2D eigenvalue weighted by Gasteiger charge is -2.00. The van der Waals surface area contributed by atoms with Crippen LogP contribution in [0.5, 0.6) is 0 Å². The number of benzene rings is 1. The molecule has 1 aromatic heterocycles. The first-order valence-electron chi connectivity index (χ1n) is 5.15. The number of nitrogens with zero attached hydrogens (tertiary/aromatic N) is 1. The second kappa shape index (κ2) is 4.97. The van der Waals surface area contributed by atoms with Gasteiger partial charge in [-0.25, -0.2) is 4.98 Å². The molecule has 1 aromatic carbocycles. The van der Waals surface area contributed by atoms with E-state index in [0.29, 0.717) is 5.69 Å². The Bertz CT molecular complexity index is 523. The number of hydrogen-bond donors (Lipinski definition) is 2. The molecule has 0 aliphatic carbocycles. The van der Waals surface area contributed by atoms with Gasteiger partial charge < -0.3 is 10.4 Å². The van der Waals surface area contributed by atoms with E-state index in [1.807, 2.05) is 37.3 Å². The van der Waals surface area contributed by atoms with E-state index in [4.69, 9.17) is 5.11 Å². The van der Waals surface area contributed by atoms with Crippen molar-refractivity contribution in [3.8, 4) is 0 Å². The van der Waals surface area contributed by atoms with E-state index in [0.717, 1.165) is 15.7 Å². The Morgan fingerprint density at radius 3 is 2.76 bits per heavy atom. The highest BCUT2D eigenvalue weighted by molar-refractivity contribution is 7.15. The minimum Gasteiger partial charge on any atom is -0.481 e. The van der Waals surface area contributed by atoms with Gasteiger partial charge >= 0.3 is 5.97 Å². The highest BCUT2D eigenvalue weighted by Crippen LogP contribution is 2.25. The molecule has 0 aliphatic rings. The van der Waals surface area contributed by atoms with E-state index in [2.05, 4.69) is 10.3 Å². The summed E-state index contributed by atoms with van der Waals surface area (Å²) in [6.45, 7) is 1.88. The zero-order valence-corrected chi connectivity index (χ0v) is 10.1. The van der Waals surface area contributed by atoms with Gasteiger partial charge in [0.05, 0.1) is 12.1 Å². The van der Waals surface area contributed by atoms with Gasteiger partial charge in [-0.2, -0.15) is 0 Å². The smallest absolute Gasteiger partial charge is 0.309 e. The maximum atomic E-state index is 10.6. The number of nitrogens with one attached hydrogen (secondary N) is 1. The molecule has 0 bridgehead atoms. The number of carboxylic acid groups (broad SMARTS) is 1. The maximum absolute atomic E-state index is 10.6. The average Bonchev–Trinajstić information content (AvgIpc) is 2.59. The molecule has 0 spiro atoms. The van der Waals surface area contributed by atoms with E-state index >= 15 is 0 Å². The molecule has 0 atom stereocenters. The van der Waals surface area contributed by atoms with E-state index in [1.165, 1.54) is 11.3 Å². The third-order valence-corrected chi connectivity index (χ3v) is 3.16. The van der Waals surface area contributed by atoms with E-state index in [1.54, 1.807) is 0 Å². The SMILES string of the molecule is Cc1sc(Nc2ccccc2)nc1CC(=O)O. The molecule has 2 N–H and O–H groups in total. The molecule has 0 amide bonds. The third kappa shape index (κ3) is 3.04. The summed E-state index contributed by atoms with van der Waals surface area (Å²) in [5.74, 6) is -0.857. The van der Waals surface area contributed by atoms with Crippen LogP contribution in [0.2, 0.25) is 0 Å². The van der Waals surface area contributed by atoms with Crippen molar-refractivity contribution < 1.29 is 9.90 Å². The summed E-state index contributed by atoms with van der Waals surface area (Å²) in [5.41, 5.74) is 1.57. The van der Waals surface area contributed by atoms with Crippen LogP contribution in [0, 0.1) is 6.92 Å². The number of rotatable bonds is 4. The predicted octanol–water partition coefficient (Wildman–Crippen LogP) is 2.82. The minimum absolute atomic E-state index is 0.0290. The Morgan fingerprint density at radius 2 is 2.12 bits per heavy atom. The van der Waals surface area contributed by atoms with Crippen molar-refractivity contribution in [1.29, 1.82) is 0 Å². The molecule has 17 heavy (non-hydrogen) atoms. The van der Waals surface area contributed by atoms with Gasteiger partial charge in [-0.1, -0.05) is 18.2 Å². The molecule has 0 radical (unpaired) electrons. The zero-order valence-electron chi connectivity index (χ0n) is 9.30. The lowest BCUT2D eigenvalue weighted by Crippen LogP contribution is -2.01. The Balaban J connectivity index is 2.15. The fourth-order valence-electron chi connectivity index (χ4n) is 1.43. The van der Waals surface area contributed by atoms with Crippen LogP contribution in [0.25, 0.3) is 0 Å². The normalized spacial score (nSPS) is 10.2. The predicted molar refractivity (Wildman–Crippen MR) is 67.9 cm³/mol. The van der Waals surface area contributed by atoms with Crippen LogP contribution < -0.4 is 5.32 Å². The number of carbonyl (C=O) groups is 1. The van der Waals surface area contributed by atoms with Crippen LogP contribution in [-0.2, 0) is 11.2 Å². The quantitative estimate of drug-likeness (QED) is 0.873. The second-order valence-electron chi connectivity index (χ2n) is 3.58. The van der Waals surface area contributed by atoms with Crippen molar-refractivity contribution in [3.05, 3.63) is 40.9 Å². The Hall–Kier alpha value is -1.88. The monoisotopic (exact) mass is 248 g/mol. The Kier molecular flexibility index (Phi) is 3.39. The molecule has 2 rings (SSSR count). The summed E-state index contributed by atoms with van der Waals surface area (Å²) in [6.07, 6.45) is -0.0290. The molecule has 1 heterocycles. The number of thiazole rings is 1. The van der Waals surface area contributed by atoms with Gasteiger partial charge in [-0.15, -0.1) is 11.3 Å². The first-order chi connectivity index (χ1) is 8.15. The first kappa shape index (κ1) is 11.6. The number of aryl methyl sites for hydroxylation is 1. The Morgan fingerprint density at radius 1 is 1.41 bits per heavy atom. The maximum Gasteiger partial charge on any atom is 0.309 e. The fraction of sp³-hybridized carbons (Fsp3) is 0.167. The molecule has 88 valence electrons. The molecule has 2 aromatic rings. The van der Waals surface area contributed by atoms with Gasteiger partial charge in [0.2, 0.25) is 0 Å². The van der Waals surface area contributed by atoms with Crippen molar-refractivity contribution in [2.45, 2.75) is 13.3 Å². The number of carboxylic acids is 1. The average molecular weight is 248 g/mol. The molecular weight excluding hydrogens is 236 g/mol. The summed E-state index contributed by atoms with van der Waals surface area (Å²) < 4.78 is 0. The van der Waals surface area contributed by atoms with Crippen LogP contribution in [0.15, 0.2) is 30.3 Å². The molecule has 0 saturated heterocycles. The van der Waals surface area contributed by atoms with Crippen molar-refractivity contribution in [2.24, 2.45) is 0 Å². The second-order valence-corrected chi connectivity index (χ2v) is 4.79.